The number of rotatable bonds is 12. The normalized spacial score (nSPS) is 9.35. The molecule has 0 aliphatic carbocycles. The van der Waals surface area contributed by atoms with Crippen LogP contribution in [0, 0.1) is 0 Å². The van der Waals surface area contributed by atoms with E-state index in [1.54, 1.807) is 12.1 Å². The fourth-order valence-electron chi connectivity index (χ4n) is 1.89. The minimum absolute atomic E-state index is 0.0303. The maximum absolute atomic E-state index is 10.6. The van der Waals surface area contributed by atoms with Crippen molar-refractivity contribution in [2.24, 2.45) is 0 Å². The summed E-state index contributed by atoms with van der Waals surface area (Å²) in [5.41, 5.74) is 1.93. The largest absolute Gasteiger partial charge is 0.507 e. The molecule has 0 spiro atoms. The molecule has 1 rings (SSSR count). The van der Waals surface area contributed by atoms with Gasteiger partial charge in [-0.05, 0) is 47.8 Å². The molecule has 0 aliphatic heterocycles. The minimum atomic E-state index is -0.949. The highest BCUT2D eigenvalue weighted by Gasteiger charge is 2.12. The van der Waals surface area contributed by atoms with Crippen LogP contribution in [0.3, 0.4) is 0 Å². The number of aromatic hydroxyl groups is 1. The molecule has 0 aliphatic rings. The highest BCUT2D eigenvalue weighted by atomic mass is 32.2. The van der Waals surface area contributed by atoms with Gasteiger partial charge in [-0.25, -0.2) is 0 Å². The van der Waals surface area contributed by atoms with Crippen LogP contribution in [0.1, 0.15) is 16.7 Å². The summed E-state index contributed by atoms with van der Waals surface area (Å²) in [5, 5.41) is 44.7. The summed E-state index contributed by atoms with van der Waals surface area (Å²) in [6, 6.07) is 3.45. The third kappa shape index (κ3) is 25.0. The van der Waals surface area contributed by atoms with Crippen molar-refractivity contribution in [3.63, 3.8) is 0 Å². The zero-order chi connectivity index (χ0) is 26.9. The summed E-state index contributed by atoms with van der Waals surface area (Å²) in [6.07, 6.45) is 0. The zero-order valence-corrected chi connectivity index (χ0v) is 23.1. The van der Waals surface area contributed by atoms with Crippen LogP contribution < -0.4 is 16.0 Å². The number of carboxylic acids is 3. The molecule has 7 N–H and O–H groups in total. The number of carboxylic acid groups (broad SMARTS) is 3. The smallest absolute Gasteiger partial charge is 0.313 e. The van der Waals surface area contributed by atoms with Crippen LogP contribution >= 0.6 is 35.3 Å². The molecule has 0 radical (unpaired) electrons. The molecule has 34 heavy (non-hydrogen) atoms. The second kappa shape index (κ2) is 26.0. The summed E-state index contributed by atoms with van der Waals surface area (Å²) in [5.74, 6) is -2.00. The number of phenolic OH excluding ortho intramolecular Hbond substituents is 1. The maximum Gasteiger partial charge on any atom is 0.313 e. The number of hydrogen-bond acceptors (Lipinski definition) is 10. The summed E-state index contributed by atoms with van der Waals surface area (Å²) in [4.78, 5) is 31.8. The Balaban J connectivity index is -0.000000921. The molecule has 10 nitrogen and oxygen atoms in total. The van der Waals surface area contributed by atoms with E-state index in [0.29, 0.717) is 28.4 Å². The van der Waals surface area contributed by atoms with Crippen molar-refractivity contribution in [3.8, 4) is 5.75 Å². The molecule has 1 aromatic carbocycles. The average molecular weight is 542 g/mol. The molecule has 13 heteroatoms. The first-order valence-electron chi connectivity index (χ1n) is 10.0. The SMILES string of the molecule is CNC.CNC.CNC.O=C(O)CSCc1cc(CSCC(=O)O)c(O)c(CSCC(=O)O)c1. The van der Waals surface area contributed by atoms with Crippen LogP contribution in [0.5, 0.6) is 5.75 Å². The van der Waals surface area contributed by atoms with Gasteiger partial charge in [0.15, 0.2) is 0 Å². The van der Waals surface area contributed by atoms with Gasteiger partial charge >= 0.3 is 17.9 Å². The predicted octanol–water partition coefficient (Wildman–Crippen LogP) is 1.85. The van der Waals surface area contributed by atoms with Crippen LogP contribution in [-0.2, 0) is 31.6 Å². The van der Waals surface area contributed by atoms with E-state index in [-0.39, 0.29) is 23.0 Å². The van der Waals surface area contributed by atoms with Gasteiger partial charge in [0.25, 0.3) is 0 Å². The summed E-state index contributed by atoms with van der Waals surface area (Å²) >= 11 is 3.50. The number of carbonyl (C=O) groups is 3. The van der Waals surface area contributed by atoms with Crippen molar-refractivity contribution in [1.29, 1.82) is 0 Å². The molecule has 0 atom stereocenters. The van der Waals surface area contributed by atoms with E-state index in [1.807, 2.05) is 42.3 Å². The van der Waals surface area contributed by atoms with Gasteiger partial charge in [-0.2, -0.15) is 0 Å². The molecular weight excluding hydrogens is 502 g/mol. The van der Waals surface area contributed by atoms with Gasteiger partial charge in [-0.3, -0.25) is 14.4 Å². The minimum Gasteiger partial charge on any atom is -0.507 e. The first-order chi connectivity index (χ1) is 16.0. The van der Waals surface area contributed by atoms with Gasteiger partial charge in [-0.15, -0.1) is 35.3 Å². The Kier molecular flexibility index (Phi) is 28.2. The summed E-state index contributed by atoms with van der Waals surface area (Å²) in [7, 11) is 11.2. The lowest BCUT2D eigenvalue weighted by Crippen LogP contribution is -2.01. The molecule has 0 amide bonds. The summed E-state index contributed by atoms with van der Waals surface area (Å²) in [6.45, 7) is 0. The molecule has 0 aromatic heterocycles. The second-order valence-electron chi connectivity index (χ2n) is 6.42. The average Bonchev–Trinajstić information content (AvgIpc) is 2.72. The van der Waals surface area contributed by atoms with Crippen molar-refractivity contribution in [2.45, 2.75) is 17.3 Å². The Morgan fingerprint density at radius 1 is 0.647 bits per heavy atom. The van der Waals surface area contributed by atoms with Gasteiger partial charge < -0.3 is 36.4 Å². The van der Waals surface area contributed by atoms with Gasteiger partial charge in [0.2, 0.25) is 0 Å². The van der Waals surface area contributed by atoms with Crippen molar-refractivity contribution in [3.05, 3.63) is 28.8 Å². The van der Waals surface area contributed by atoms with Gasteiger partial charge in [0.05, 0.1) is 17.3 Å². The highest BCUT2D eigenvalue weighted by Crippen LogP contribution is 2.32. The van der Waals surface area contributed by atoms with Crippen molar-refractivity contribution < 1.29 is 34.8 Å². The van der Waals surface area contributed by atoms with E-state index in [2.05, 4.69) is 16.0 Å². The van der Waals surface area contributed by atoms with Crippen LogP contribution in [0.15, 0.2) is 12.1 Å². The highest BCUT2D eigenvalue weighted by molar-refractivity contribution is 7.99. The van der Waals surface area contributed by atoms with Crippen molar-refractivity contribution in [1.82, 2.24) is 16.0 Å². The molecule has 0 fully saturated rings. The number of hydrogen-bond donors (Lipinski definition) is 7. The Hall–Kier alpha value is -1.64. The number of thioether (sulfide) groups is 3. The molecule has 0 bridgehead atoms. The Bertz CT molecular complexity index is 650. The van der Waals surface area contributed by atoms with E-state index in [1.165, 1.54) is 11.8 Å². The third-order valence-electron chi connectivity index (χ3n) is 2.79. The van der Waals surface area contributed by atoms with Crippen molar-refractivity contribution in [2.75, 3.05) is 59.5 Å². The number of aliphatic carboxylic acids is 3. The Labute approximate surface area is 215 Å². The van der Waals surface area contributed by atoms with Crippen LogP contribution in [0.4, 0.5) is 0 Å². The quantitative estimate of drug-likeness (QED) is 0.205. The first-order valence-corrected chi connectivity index (χ1v) is 13.5. The van der Waals surface area contributed by atoms with E-state index in [4.69, 9.17) is 15.3 Å². The first kappa shape index (κ1) is 36.9. The van der Waals surface area contributed by atoms with E-state index >= 15 is 0 Å². The fourth-order valence-corrected chi connectivity index (χ4v) is 4.00. The summed E-state index contributed by atoms with van der Waals surface area (Å²) < 4.78 is 0. The standard InChI is InChI=1S/C15H18O7S3.3C2H7N/c16-12(17)6-23-3-9-1-10(4-24-7-13(18)19)15(22)11(2-9)5-25-8-14(20)21;3*1-3-2/h1-2,22H,3-8H2,(H,16,17)(H,18,19)(H,20,21);3*3H,1-2H3. The van der Waals surface area contributed by atoms with Crippen LogP contribution in [0.25, 0.3) is 0 Å². The number of benzene rings is 1. The topological polar surface area (TPSA) is 168 Å². The third-order valence-corrected chi connectivity index (χ3v) is 5.71. The van der Waals surface area contributed by atoms with Gasteiger partial charge in [0, 0.05) is 28.4 Å². The lowest BCUT2D eigenvalue weighted by atomic mass is 10.1. The number of nitrogens with one attached hydrogen (secondary N) is 3. The predicted molar refractivity (Wildman–Crippen MR) is 144 cm³/mol. The zero-order valence-electron chi connectivity index (χ0n) is 20.6. The van der Waals surface area contributed by atoms with E-state index in [0.717, 1.165) is 29.1 Å². The monoisotopic (exact) mass is 541 g/mol. The Morgan fingerprint density at radius 2 is 0.912 bits per heavy atom. The molecule has 1 aromatic rings. The van der Waals surface area contributed by atoms with E-state index in [9.17, 15) is 19.5 Å². The molecule has 0 unspecified atom stereocenters. The van der Waals surface area contributed by atoms with E-state index < -0.39 is 17.9 Å². The van der Waals surface area contributed by atoms with Crippen LogP contribution in [0.2, 0.25) is 0 Å². The molecule has 0 saturated carbocycles. The molecule has 0 heterocycles. The van der Waals surface area contributed by atoms with Gasteiger partial charge in [0.1, 0.15) is 5.75 Å². The molecule has 198 valence electrons. The van der Waals surface area contributed by atoms with Crippen LogP contribution in [-0.4, -0.2) is 97.9 Å². The van der Waals surface area contributed by atoms with Crippen molar-refractivity contribution >= 4 is 53.2 Å². The van der Waals surface area contributed by atoms with Gasteiger partial charge in [-0.1, -0.05) is 12.1 Å². The number of phenols is 1. The molecular formula is C21H39N3O7S3. The molecule has 0 saturated heterocycles. The Morgan fingerprint density at radius 3 is 1.18 bits per heavy atom. The lowest BCUT2D eigenvalue weighted by molar-refractivity contribution is -0.134. The second-order valence-corrected chi connectivity index (χ2v) is 9.38. The lowest BCUT2D eigenvalue weighted by Gasteiger charge is -2.12. The fraction of sp³-hybridized carbons (Fsp3) is 0.571. The maximum atomic E-state index is 10.6.